The Kier molecular flexibility index (Phi) is 4.99. The average Bonchev–Trinajstić information content (AvgIpc) is 2.50. The van der Waals surface area contributed by atoms with E-state index in [9.17, 15) is 0 Å². The van der Waals surface area contributed by atoms with Gasteiger partial charge in [-0.2, -0.15) is 10.5 Å². The van der Waals surface area contributed by atoms with Gasteiger partial charge in [0.15, 0.2) is 0 Å². The lowest BCUT2D eigenvalue weighted by Gasteiger charge is -2.43. The minimum Gasteiger partial charge on any atom is -0.299 e. The van der Waals surface area contributed by atoms with Crippen LogP contribution in [-0.2, 0) is 6.54 Å². The molecule has 2 rings (SSSR count). The number of likely N-dealkylation sites (tertiary alicyclic amines) is 1. The van der Waals surface area contributed by atoms with Crippen LogP contribution in [0.25, 0.3) is 0 Å². The molecular formula is C18H23N3. The summed E-state index contributed by atoms with van der Waals surface area (Å²) in [6, 6.07) is 12.5. The molecule has 21 heavy (non-hydrogen) atoms. The van der Waals surface area contributed by atoms with Crippen LogP contribution in [0.5, 0.6) is 0 Å². The van der Waals surface area contributed by atoms with E-state index in [0.717, 1.165) is 43.6 Å². The second-order valence-electron chi connectivity index (χ2n) is 6.40. The summed E-state index contributed by atoms with van der Waals surface area (Å²) in [5.74, 6) is 0.547. The quantitative estimate of drug-likeness (QED) is 0.845. The first-order valence-electron chi connectivity index (χ1n) is 7.68. The molecule has 0 atom stereocenters. The predicted octanol–water partition coefficient (Wildman–Crippen LogP) is 3.71. The van der Waals surface area contributed by atoms with Crippen LogP contribution in [0, 0.1) is 34.0 Å². The largest absolute Gasteiger partial charge is 0.299 e. The summed E-state index contributed by atoms with van der Waals surface area (Å²) >= 11 is 0. The molecule has 0 radical (unpaired) electrons. The molecule has 1 aromatic rings. The van der Waals surface area contributed by atoms with Gasteiger partial charge in [-0.05, 0) is 48.9 Å². The van der Waals surface area contributed by atoms with Crippen molar-refractivity contribution >= 4 is 0 Å². The normalized spacial score (nSPS) is 18.1. The Bertz CT molecular complexity index is 555. The van der Waals surface area contributed by atoms with E-state index in [1.807, 2.05) is 24.3 Å². The number of piperidine rings is 1. The van der Waals surface area contributed by atoms with E-state index in [-0.39, 0.29) is 5.41 Å². The van der Waals surface area contributed by atoms with Crippen LogP contribution in [-0.4, -0.2) is 18.0 Å². The Hall–Kier alpha value is -1.84. The Balaban J connectivity index is 2.02. The monoisotopic (exact) mass is 281 g/mol. The Labute approximate surface area is 127 Å². The Morgan fingerprint density at radius 1 is 1.19 bits per heavy atom. The molecular weight excluding hydrogens is 258 g/mol. The van der Waals surface area contributed by atoms with Crippen molar-refractivity contribution in [3.63, 3.8) is 0 Å². The average molecular weight is 281 g/mol. The van der Waals surface area contributed by atoms with Crippen LogP contribution in [0.2, 0.25) is 0 Å². The molecule has 0 aromatic heterocycles. The van der Waals surface area contributed by atoms with Crippen LogP contribution < -0.4 is 0 Å². The molecule has 3 nitrogen and oxygen atoms in total. The van der Waals surface area contributed by atoms with Crippen molar-refractivity contribution in [3.8, 4) is 12.1 Å². The maximum absolute atomic E-state index is 9.17. The van der Waals surface area contributed by atoms with Crippen LogP contribution in [0.3, 0.4) is 0 Å². The van der Waals surface area contributed by atoms with Gasteiger partial charge in [0.05, 0.1) is 17.7 Å². The van der Waals surface area contributed by atoms with E-state index in [4.69, 9.17) is 10.5 Å². The SMILES string of the molecule is CC(C)C1(CC#N)CCN(Cc2ccccc2C#N)CC1. The lowest BCUT2D eigenvalue weighted by molar-refractivity contribution is 0.0616. The Morgan fingerprint density at radius 2 is 1.86 bits per heavy atom. The molecule has 0 saturated carbocycles. The molecule has 1 fully saturated rings. The number of benzene rings is 1. The van der Waals surface area contributed by atoms with Crippen LogP contribution >= 0.6 is 0 Å². The highest BCUT2D eigenvalue weighted by Crippen LogP contribution is 2.41. The van der Waals surface area contributed by atoms with E-state index in [2.05, 4.69) is 30.9 Å². The summed E-state index contributed by atoms with van der Waals surface area (Å²) in [7, 11) is 0. The third kappa shape index (κ3) is 3.43. The summed E-state index contributed by atoms with van der Waals surface area (Å²) in [6.45, 7) is 7.33. The standard InChI is InChI=1S/C18H23N3/c1-15(2)18(7-10-19)8-11-21(12-9-18)14-17-6-4-3-5-16(17)13-20/h3-6,15H,7-9,11-12,14H2,1-2H3. The molecule has 0 unspecified atom stereocenters. The van der Waals surface area contributed by atoms with Gasteiger partial charge < -0.3 is 0 Å². The molecule has 3 heteroatoms. The van der Waals surface area contributed by atoms with Crippen LogP contribution in [0.15, 0.2) is 24.3 Å². The van der Waals surface area contributed by atoms with Crippen molar-refractivity contribution < 1.29 is 0 Å². The van der Waals surface area contributed by atoms with Gasteiger partial charge in [-0.15, -0.1) is 0 Å². The van der Waals surface area contributed by atoms with E-state index >= 15 is 0 Å². The minimum absolute atomic E-state index is 0.181. The second-order valence-corrected chi connectivity index (χ2v) is 6.40. The molecule has 0 N–H and O–H groups in total. The first kappa shape index (κ1) is 15.5. The maximum atomic E-state index is 9.17. The van der Waals surface area contributed by atoms with Gasteiger partial charge in [-0.1, -0.05) is 32.0 Å². The number of nitrogens with zero attached hydrogens (tertiary/aromatic N) is 3. The van der Waals surface area contributed by atoms with Crippen LogP contribution in [0.1, 0.15) is 44.2 Å². The summed E-state index contributed by atoms with van der Waals surface area (Å²) in [5, 5.41) is 18.3. The molecule has 1 aliphatic heterocycles. The number of hydrogen-bond donors (Lipinski definition) is 0. The molecule has 1 saturated heterocycles. The molecule has 110 valence electrons. The van der Waals surface area contributed by atoms with Gasteiger partial charge in [-0.25, -0.2) is 0 Å². The fraction of sp³-hybridized carbons (Fsp3) is 0.556. The zero-order valence-electron chi connectivity index (χ0n) is 13.0. The van der Waals surface area contributed by atoms with E-state index in [1.54, 1.807) is 0 Å². The summed E-state index contributed by atoms with van der Waals surface area (Å²) in [6.07, 6.45) is 2.81. The van der Waals surface area contributed by atoms with E-state index in [1.165, 1.54) is 0 Å². The summed E-state index contributed by atoms with van der Waals surface area (Å²) in [4.78, 5) is 2.41. The second kappa shape index (κ2) is 6.74. The highest BCUT2D eigenvalue weighted by Gasteiger charge is 2.37. The molecule has 0 spiro atoms. The lowest BCUT2D eigenvalue weighted by atomic mass is 9.68. The molecule has 1 aromatic carbocycles. The third-order valence-corrected chi connectivity index (χ3v) is 5.04. The van der Waals surface area contributed by atoms with Gasteiger partial charge >= 0.3 is 0 Å². The van der Waals surface area contributed by atoms with Gasteiger partial charge in [0, 0.05) is 13.0 Å². The van der Waals surface area contributed by atoms with Crippen LogP contribution in [0.4, 0.5) is 0 Å². The van der Waals surface area contributed by atoms with Crippen molar-refractivity contribution in [3.05, 3.63) is 35.4 Å². The fourth-order valence-corrected chi connectivity index (χ4v) is 3.28. The predicted molar refractivity (Wildman–Crippen MR) is 83.2 cm³/mol. The zero-order valence-corrected chi connectivity index (χ0v) is 13.0. The van der Waals surface area contributed by atoms with Gasteiger partial charge in [-0.3, -0.25) is 4.90 Å². The molecule has 0 bridgehead atoms. The van der Waals surface area contributed by atoms with Gasteiger partial charge in [0.25, 0.3) is 0 Å². The Morgan fingerprint density at radius 3 is 2.43 bits per heavy atom. The zero-order chi connectivity index (χ0) is 15.3. The first-order valence-corrected chi connectivity index (χ1v) is 7.68. The molecule has 1 aliphatic rings. The first-order chi connectivity index (χ1) is 10.1. The lowest BCUT2D eigenvalue weighted by Crippen LogP contribution is -2.42. The maximum Gasteiger partial charge on any atom is 0.0995 e. The van der Waals surface area contributed by atoms with Crippen molar-refractivity contribution in [1.82, 2.24) is 4.90 Å². The molecule has 1 heterocycles. The van der Waals surface area contributed by atoms with Crippen molar-refractivity contribution in [2.75, 3.05) is 13.1 Å². The molecule has 0 amide bonds. The fourth-order valence-electron chi connectivity index (χ4n) is 3.28. The minimum atomic E-state index is 0.181. The van der Waals surface area contributed by atoms with Crippen molar-refractivity contribution in [2.45, 2.75) is 39.7 Å². The van der Waals surface area contributed by atoms with Gasteiger partial charge in [0.1, 0.15) is 0 Å². The number of nitriles is 2. The highest BCUT2D eigenvalue weighted by atomic mass is 15.1. The van der Waals surface area contributed by atoms with E-state index in [0.29, 0.717) is 12.3 Å². The smallest absolute Gasteiger partial charge is 0.0995 e. The molecule has 0 aliphatic carbocycles. The topological polar surface area (TPSA) is 50.8 Å². The van der Waals surface area contributed by atoms with Crippen molar-refractivity contribution in [1.29, 1.82) is 10.5 Å². The van der Waals surface area contributed by atoms with Gasteiger partial charge in [0.2, 0.25) is 0 Å². The highest BCUT2D eigenvalue weighted by molar-refractivity contribution is 5.37. The number of rotatable bonds is 4. The summed E-state index contributed by atoms with van der Waals surface area (Å²) < 4.78 is 0. The van der Waals surface area contributed by atoms with E-state index < -0.39 is 0 Å². The number of hydrogen-bond acceptors (Lipinski definition) is 3. The third-order valence-electron chi connectivity index (χ3n) is 5.04. The summed E-state index contributed by atoms with van der Waals surface area (Å²) in [5.41, 5.74) is 2.06. The van der Waals surface area contributed by atoms with Crippen molar-refractivity contribution in [2.24, 2.45) is 11.3 Å².